The number of rotatable bonds is 6. The Morgan fingerprint density at radius 1 is 1.27 bits per heavy atom. The number of nitriles is 1. The molecule has 0 unspecified atom stereocenters. The number of hydrogen-bond acceptors (Lipinski definition) is 3. The third-order valence-electron chi connectivity index (χ3n) is 3.97. The van der Waals surface area contributed by atoms with Gasteiger partial charge in [0, 0.05) is 22.9 Å². The molecule has 5 heteroatoms. The fourth-order valence-corrected chi connectivity index (χ4v) is 3.04. The second-order valence-corrected chi connectivity index (χ2v) is 7.24. The van der Waals surface area contributed by atoms with Gasteiger partial charge in [0.05, 0.1) is 0 Å². The second-order valence-electron chi connectivity index (χ2n) is 6.33. The van der Waals surface area contributed by atoms with E-state index in [1.165, 1.54) is 6.20 Å². The number of nitrogens with one attached hydrogen (secondary N) is 2. The summed E-state index contributed by atoms with van der Waals surface area (Å²) in [5.74, 6) is -0.139. The minimum atomic E-state index is -0.412. The van der Waals surface area contributed by atoms with Crippen LogP contribution in [0, 0.1) is 18.3 Å². The number of aryl methyl sites for hydroxylation is 1. The third kappa shape index (κ3) is 5.21. The maximum atomic E-state index is 12.5. The first-order valence-corrected chi connectivity index (χ1v) is 9.20. The first-order valence-electron chi connectivity index (χ1n) is 8.41. The summed E-state index contributed by atoms with van der Waals surface area (Å²) >= 11 is 3.42. The van der Waals surface area contributed by atoms with Gasteiger partial charge in [0.1, 0.15) is 11.6 Å². The van der Waals surface area contributed by atoms with Gasteiger partial charge in [0.15, 0.2) is 0 Å². The fourth-order valence-electron chi connectivity index (χ4n) is 2.59. The van der Waals surface area contributed by atoms with Crippen molar-refractivity contribution in [2.75, 3.05) is 5.32 Å². The van der Waals surface area contributed by atoms with Crippen LogP contribution in [-0.4, -0.2) is 5.91 Å². The zero-order valence-electron chi connectivity index (χ0n) is 15.1. The van der Waals surface area contributed by atoms with Gasteiger partial charge in [-0.1, -0.05) is 60.1 Å². The van der Waals surface area contributed by atoms with Crippen LogP contribution in [0.4, 0.5) is 5.69 Å². The Morgan fingerprint density at radius 2 is 2.00 bits per heavy atom. The van der Waals surface area contributed by atoms with Crippen molar-refractivity contribution < 1.29 is 4.79 Å². The van der Waals surface area contributed by atoms with Gasteiger partial charge in [-0.05, 0) is 41.7 Å². The van der Waals surface area contributed by atoms with Gasteiger partial charge in [-0.2, -0.15) is 5.26 Å². The lowest BCUT2D eigenvalue weighted by atomic mass is 9.98. The number of benzene rings is 2. The van der Waals surface area contributed by atoms with Crippen molar-refractivity contribution in [2.45, 2.75) is 33.2 Å². The topological polar surface area (TPSA) is 64.9 Å². The first kappa shape index (κ1) is 19.7. The molecule has 0 radical (unpaired) electrons. The largest absolute Gasteiger partial charge is 0.386 e. The Morgan fingerprint density at radius 3 is 2.65 bits per heavy atom. The molecule has 2 rings (SSSR count). The smallest absolute Gasteiger partial charge is 0.267 e. The molecule has 1 amide bonds. The highest BCUT2D eigenvalue weighted by atomic mass is 79.9. The van der Waals surface area contributed by atoms with Crippen LogP contribution in [0.15, 0.2) is 58.7 Å². The van der Waals surface area contributed by atoms with Crippen molar-refractivity contribution in [3.8, 4) is 6.07 Å². The summed E-state index contributed by atoms with van der Waals surface area (Å²) in [7, 11) is 0. The highest BCUT2D eigenvalue weighted by Crippen LogP contribution is 2.27. The summed E-state index contributed by atoms with van der Waals surface area (Å²) in [6.07, 6.45) is 1.46. The zero-order chi connectivity index (χ0) is 19.1. The van der Waals surface area contributed by atoms with E-state index in [9.17, 15) is 10.1 Å². The SMILES string of the molecule is Cc1cccc(C(C)C)c1NC(=O)/C(C#N)=C\NCc1cccc(Br)c1. The van der Waals surface area contributed by atoms with Crippen LogP contribution >= 0.6 is 15.9 Å². The highest BCUT2D eigenvalue weighted by Gasteiger charge is 2.15. The van der Waals surface area contributed by atoms with E-state index in [1.54, 1.807) is 0 Å². The third-order valence-corrected chi connectivity index (χ3v) is 4.47. The van der Waals surface area contributed by atoms with Crippen LogP contribution < -0.4 is 10.6 Å². The van der Waals surface area contributed by atoms with Crippen molar-refractivity contribution in [3.63, 3.8) is 0 Å². The summed E-state index contributed by atoms with van der Waals surface area (Å²) < 4.78 is 0.986. The highest BCUT2D eigenvalue weighted by molar-refractivity contribution is 9.10. The summed E-state index contributed by atoms with van der Waals surface area (Å²) in [4.78, 5) is 12.5. The molecule has 0 aliphatic heterocycles. The van der Waals surface area contributed by atoms with E-state index in [4.69, 9.17) is 0 Å². The van der Waals surface area contributed by atoms with Crippen LogP contribution in [-0.2, 0) is 11.3 Å². The van der Waals surface area contributed by atoms with Gasteiger partial charge >= 0.3 is 0 Å². The number of amides is 1. The lowest BCUT2D eigenvalue weighted by Gasteiger charge is -2.16. The summed E-state index contributed by atoms with van der Waals surface area (Å²) in [6.45, 7) is 6.62. The number of carbonyl (C=O) groups excluding carboxylic acids is 1. The van der Waals surface area contributed by atoms with Crippen LogP contribution in [0.1, 0.15) is 36.5 Å². The molecule has 0 saturated carbocycles. The Bertz CT molecular complexity index is 866. The van der Waals surface area contributed by atoms with Gasteiger partial charge in [-0.25, -0.2) is 0 Å². The van der Waals surface area contributed by atoms with Crippen LogP contribution in [0.2, 0.25) is 0 Å². The van der Waals surface area contributed by atoms with Crippen LogP contribution in [0.5, 0.6) is 0 Å². The van der Waals surface area contributed by atoms with E-state index in [0.29, 0.717) is 6.54 Å². The number of para-hydroxylation sites is 1. The van der Waals surface area contributed by atoms with Gasteiger partial charge in [0.2, 0.25) is 0 Å². The van der Waals surface area contributed by atoms with Crippen molar-refractivity contribution in [2.24, 2.45) is 0 Å². The molecule has 2 aromatic carbocycles. The molecule has 134 valence electrons. The number of halogens is 1. The summed E-state index contributed by atoms with van der Waals surface area (Å²) in [5.41, 5.74) is 3.90. The quantitative estimate of drug-likeness (QED) is 0.518. The monoisotopic (exact) mass is 411 g/mol. The molecule has 0 atom stereocenters. The minimum Gasteiger partial charge on any atom is -0.386 e. The second kappa shape index (κ2) is 9.21. The molecule has 0 aromatic heterocycles. The number of carbonyl (C=O) groups is 1. The number of hydrogen-bond donors (Lipinski definition) is 2. The van der Waals surface area contributed by atoms with E-state index < -0.39 is 5.91 Å². The molecular formula is C21H22BrN3O. The molecule has 0 spiro atoms. The normalized spacial score (nSPS) is 11.2. The molecule has 2 N–H and O–H groups in total. The van der Waals surface area contributed by atoms with Gasteiger partial charge in [0.25, 0.3) is 5.91 Å². The molecule has 0 bridgehead atoms. The molecule has 0 aliphatic rings. The molecular weight excluding hydrogens is 390 g/mol. The van der Waals surface area contributed by atoms with E-state index in [1.807, 2.05) is 55.5 Å². The van der Waals surface area contributed by atoms with Crippen LogP contribution in [0.3, 0.4) is 0 Å². The maximum Gasteiger partial charge on any atom is 0.267 e. The summed E-state index contributed by atoms with van der Waals surface area (Å²) in [6, 6.07) is 15.7. The molecule has 0 aliphatic carbocycles. The lowest BCUT2D eigenvalue weighted by Crippen LogP contribution is -2.18. The van der Waals surface area contributed by atoms with E-state index in [2.05, 4.69) is 40.4 Å². The average molecular weight is 412 g/mol. The Hall–Kier alpha value is -2.58. The predicted molar refractivity (Wildman–Crippen MR) is 109 cm³/mol. The van der Waals surface area contributed by atoms with Crippen molar-refractivity contribution in [1.82, 2.24) is 5.32 Å². The Balaban J connectivity index is 2.11. The first-order chi connectivity index (χ1) is 12.4. The molecule has 2 aromatic rings. The van der Waals surface area contributed by atoms with Crippen LogP contribution in [0.25, 0.3) is 0 Å². The van der Waals surface area contributed by atoms with Crippen molar-refractivity contribution in [1.29, 1.82) is 5.26 Å². The fraction of sp³-hybridized carbons (Fsp3) is 0.238. The standard InChI is InChI=1S/C21H22BrN3O/c1-14(2)19-9-4-6-15(3)20(19)25-21(26)17(11-23)13-24-12-16-7-5-8-18(22)10-16/h4-10,13-14,24H,12H2,1-3H3,(H,25,26)/b17-13-. The molecule has 4 nitrogen and oxygen atoms in total. The zero-order valence-corrected chi connectivity index (χ0v) is 16.7. The minimum absolute atomic E-state index is 0.0398. The Labute approximate surface area is 163 Å². The molecule has 0 saturated heterocycles. The van der Waals surface area contributed by atoms with E-state index in [0.717, 1.165) is 26.9 Å². The number of anilines is 1. The van der Waals surface area contributed by atoms with Crippen molar-refractivity contribution in [3.05, 3.63) is 75.4 Å². The maximum absolute atomic E-state index is 12.5. The van der Waals surface area contributed by atoms with E-state index in [-0.39, 0.29) is 11.5 Å². The summed E-state index contributed by atoms with van der Waals surface area (Å²) in [5, 5.41) is 15.3. The lowest BCUT2D eigenvalue weighted by molar-refractivity contribution is -0.112. The molecule has 26 heavy (non-hydrogen) atoms. The van der Waals surface area contributed by atoms with Crippen molar-refractivity contribution >= 4 is 27.5 Å². The van der Waals surface area contributed by atoms with E-state index >= 15 is 0 Å². The molecule has 0 heterocycles. The van der Waals surface area contributed by atoms with Gasteiger partial charge < -0.3 is 10.6 Å². The predicted octanol–water partition coefficient (Wildman–Crippen LogP) is 5.02. The van der Waals surface area contributed by atoms with Gasteiger partial charge in [-0.15, -0.1) is 0 Å². The molecule has 0 fully saturated rings. The number of nitrogens with zero attached hydrogens (tertiary/aromatic N) is 1. The Kier molecular flexibility index (Phi) is 6.99. The average Bonchev–Trinajstić information content (AvgIpc) is 2.60. The van der Waals surface area contributed by atoms with Gasteiger partial charge in [-0.3, -0.25) is 4.79 Å².